The molecule has 0 heterocycles. The molecule has 3 aromatic carbocycles. The van der Waals surface area contributed by atoms with Gasteiger partial charge in [0.05, 0.1) is 27.8 Å². The van der Waals surface area contributed by atoms with Crippen LogP contribution in [0.1, 0.15) is 19.4 Å². The van der Waals surface area contributed by atoms with E-state index in [0.717, 1.165) is 10.4 Å². The zero-order valence-corrected chi connectivity index (χ0v) is 19.9. The number of sulfonamides is 1. The number of hydrogen-bond acceptors (Lipinski definition) is 7. The first kappa shape index (κ1) is 25.4. The van der Waals surface area contributed by atoms with Gasteiger partial charge in [-0.05, 0) is 61.9 Å². The Bertz CT molecular complexity index is 1310. The molecule has 0 bridgehead atoms. The number of amides is 1. The minimum absolute atomic E-state index is 0.0251. The topological polar surface area (TPSA) is 131 Å². The Morgan fingerprint density at radius 3 is 2.40 bits per heavy atom. The SMILES string of the molecule is CC(C)Oc1ccc(/C=N\NC(=O)CN(c2cccc([N+](=O)[O-])c2)S(=O)(=O)c2ccccc2)cc1. The van der Waals surface area contributed by atoms with Gasteiger partial charge in [0.15, 0.2) is 0 Å². The van der Waals surface area contributed by atoms with E-state index >= 15 is 0 Å². The Balaban J connectivity index is 1.80. The number of carbonyl (C=O) groups excluding carboxylic acids is 1. The number of hydrogen-bond donors (Lipinski definition) is 1. The Morgan fingerprint density at radius 2 is 1.77 bits per heavy atom. The molecule has 0 spiro atoms. The highest BCUT2D eigenvalue weighted by molar-refractivity contribution is 7.92. The molecule has 0 aromatic heterocycles. The van der Waals surface area contributed by atoms with Crippen molar-refractivity contribution in [2.75, 3.05) is 10.8 Å². The Kier molecular flexibility index (Phi) is 8.16. The molecule has 0 aliphatic heterocycles. The fourth-order valence-electron chi connectivity index (χ4n) is 3.05. The van der Waals surface area contributed by atoms with Crippen molar-refractivity contribution in [3.63, 3.8) is 0 Å². The van der Waals surface area contributed by atoms with E-state index < -0.39 is 27.4 Å². The lowest BCUT2D eigenvalue weighted by Gasteiger charge is -2.23. The molecule has 3 rings (SSSR count). The van der Waals surface area contributed by atoms with Crippen molar-refractivity contribution in [2.24, 2.45) is 5.10 Å². The van der Waals surface area contributed by atoms with Gasteiger partial charge in [-0.3, -0.25) is 19.2 Å². The summed E-state index contributed by atoms with van der Waals surface area (Å²) in [6, 6.07) is 19.6. The normalized spacial score (nSPS) is 11.4. The van der Waals surface area contributed by atoms with Crippen molar-refractivity contribution in [1.29, 1.82) is 0 Å². The van der Waals surface area contributed by atoms with E-state index in [2.05, 4.69) is 10.5 Å². The van der Waals surface area contributed by atoms with Gasteiger partial charge in [-0.25, -0.2) is 13.8 Å². The maximum atomic E-state index is 13.3. The standard InChI is InChI=1S/C24H24N4O6S/c1-18(2)34-22-13-11-19(12-14-22)16-25-26-24(29)17-27(20-7-6-8-21(15-20)28(30)31)35(32,33)23-9-4-3-5-10-23/h3-16,18H,17H2,1-2H3,(H,26,29)/b25-16-. The fourth-order valence-corrected chi connectivity index (χ4v) is 4.48. The number of carbonyl (C=O) groups is 1. The molecule has 11 heteroatoms. The first-order valence-electron chi connectivity index (χ1n) is 10.6. The quantitative estimate of drug-likeness (QED) is 0.258. The summed E-state index contributed by atoms with van der Waals surface area (Å²) in [5.74, 6) is -0.0353. The molecule has 0 atom stereocenters. The van der Waals surface area contributed by atoms with Gasteiger partial charge in [0.1, 0.15) is 12.3 Å². The van der Waals surface area contributed by atoms with Crippen LogP contribution in [0, 0.1) is 10.1 Å². The van der Waals surface area contributed by atoms with E-state index in [1.165, 1.54) is 36.5 Å². The summed E-state index contributed by atoms with van der Waals surface area (Å²) in [6.45, 7) is 3.19. The highest BCUT2D eigenvalue weighted by Crippen LogP contribution is 2.26. The molecule has 0 aliphatic rings. The van der Waals surface area contributed by atoms with Crippen LogP contribution in [0.25, 0.3) is 0 Å². The lowest BCUT2D eigenvalue weighted by atomic mass is 10.2. The third-order valence-electron chi connectivity index (χ3n) is 4.60. The van der Waals surface area contributed by atoms with Crippen LogP contribution in [-0.4, -0.2) is 38.1 Å². The van der Waals surface area contributed by atoms with Crippen molar-refractivity contribution in [3.8, 4) is 5.75 Å². The monoisotopic (exact) mass is 496 g/mol. The van der Waals surface area contributed by atoms with Gasteiger partial charge in [0.25, 0.3) is 21.6 Å². The zero-order chi connectivity index (χ0) is 25.4. The van der Waals surface area contributed by atoms with Crippen molar-refractivity contribution in [2.45, 2.75) is 24.8 Å². The Hall–Kier alpha value is -4.25. The lowest BCUT2D eigenvalue weighted by Crippen LogP contribution is -2.39. The predicted octanol–water partition coefficient (Wildman–Crippen LogP) is 3.73. The van der Waals surface area contributed by atoms with Crippen LogP contribution in [0.4, 0.5) is 11.4 Å². The van der Waals surface area contributed by atoms with E-state index in [1.54, 1.807) is 42.5 Å². The lowest BCUT2D eigenvalue weighted by molar-refractivity contribution is -0.384. The summed E-state index contributed by atoms with van der Waals surface area (Å²) >= 11 is 0. The number of nitro groups is 1. The number of benzene rings is 3. The number of rotatable bonds is 10. The summed E-state index contributed by atoms with van der Waals surface area (Å²) in [4.78, 5) is 23.1. The van der Waals surface area contributed by atoms with E-state index in [4.69, 9.17) is 4.74 Å². The minimum atomic E-state index is -4.20. The number of ether oxygens (including phenoxy) is 1. The maximum absolute atomic E-state index is 13.3. The molecule has 1 N–H and O–H groups in total. The van der Waals surface area contributed by atoms with Crippen molar-refractivity contribution in [1.82, 2.24) is 5.43 Å². The first-order chi connectivity index (χ1) is 16.7. The number of anilines is 1. The largest absolute Gasteiger partial charge is 0.491 e. The van der Waals surface area contributed by atoms with Crippen molar-refractivity contribution < 1.29 is 22.9 Å². The van der Waals surface area contributed by atoms with Crippen LogP contribution < -0.4 is 14.5 Å². The Morgan fingerprint density at radius 1 is 1.09 bits per heavy atom. The van der Waals surface area contributed by atoms with E-state index in [-0.39, 0.29) is 22.4 Å². The Labute approximate surface area is 203 Å². The van der Waals surface area contributed by atoms with Crippen LogP contribution in [0.2, 0.25) is 0 Å². The molecule has 0 fully saturated rings. The van der Waals surface area contributed by atoms with E-state index in [9.17, 15) is 23.3 Å². The fraction of sp³-hybridized carbons (Fsp3) is 0.167. The van der Waals surface area contributed by atoms with Gasteiger partial charge in [0, 0.05) is 12.1 Å². The molecule has 3 aromatic rings. The van der Waals surface area contributed by atoms with E-state index in [1.807, 2.05) is 13.8 Å². The van der Waals surface area contributed by atoms with Gasteiger partial charge in [-0.2, -0.15) is 5.10 Å². The molecule has 182 valence electrons. The second-order valence-corrected chi connectivity index (χ2v) is 9.49. The maximum Gasteiger partial charge on any atom is 0.271 e. The highest BCUT2D eigenvalue weighted by Gasteiger charge is 2.28. The molecule has 35 heavy (non-hydrogen) atoms. The van der Waals surface area contributed by atoms with Gasteiger partial charge in [0.2, 0.25) is 0 Å². The smallest absolute Gasteiger partial charge is 0.271 e. The van der Waals surface area contributed by atoms with E-state index in [0.29, 0.717) is 11.3 Å². The van der Waals surface area contributed by atoms with Crippen LogP contribution >= 0.6 is 0 Å². The second-order valence-electron chi connectivity index (χ2n) is 7.63. The third-order valence-corrected chi connectivity index (χ3v) is 6.39. The minimum Gasteiger partial charge on any atom is -0.491 e. The zero-order valence-electron chi connectivity index (χ0n) is 19.1. The van der Waals surface area contributed by atoms with Crippen LogP contribution in [-0.2, 0) is 14.8 Å². The van der Waals surface area contributed by atoms with Crippen molar-refractivity contribution >= 4 is 33.5 Å². The number of nitrogens with zero attached hydrogens (tertiary/aromatic N) is 3. The molecule has 0 aliphatic carbocycles. The number of nitro benzene ring substituents is 1. The molecule has 10 nitrogen and oxygen atoms in total. The number of hydrazone groups is 1. The summed E-state index contributed by atoms with van der Waals surface area (Å²) in [5, 5.41) is 15.1. The first-order valence-corrected chi connectivity index (χ1v) is 12.0. The molecule has 1 amide bonds. The van der Waals surface area contributed by atoms with Crippen molar-refractivity contribution in [3.05, 3.63) is 94.5 Å². The summed E-state index contributed by atoms with van der Waals surface area (Å²) in [7, 11) is -4.20. The average Bonchev–Trinajstić information content (AvgIpc) is 2.84. The molecule has 0 radical (unpaired) electrons. The van der Waals surface area contributed by atoms with Crippen LogP contribution in [0.15, 0.2) is 88.9 Å². The summed E-state index contributed by atoms with van der Waals surface area (Å²) in [6.07, 6.45) is 1.44. The van der Waals surface area contributed by atoms with Crippen LogP contribution in [0.5, 0.6) is 5.75 Å². The summed E-state index contributed by atoms with van der Waals surface area (Å²) in [5.41, 5.74) is 2.66. The second kappa shape index (κ2) is 11.3. The van der Waals surface area contributed by atoms with Gasteiger partial charge >= 0.3 is 0 Å². The highest BCUT2D eigenvalue weighted by atomic mass is 32.2. The average molecular weight is 497 g/mol. The van der Waals surface area contributed by atoms with Gasteiger partial charge in [-0.15, -0.1) is 0 Å². The molecular weight excluding hydrogens is 472 g/mol. The summed E-state index contributed by atoms with van der Waals surface area (Å²) < 4.78 is 32.9. The number of non-ortho nitro benzene ring substituents is 1. The molecular formula is C24H24N4O6S. The van der Waals surface area contributed by atoms with Crippen LogP contribution in [0.3, 0.4) is 0 Å². The third kappa shape index (κ3) is 6.87. The van der Waals surface area contributed by atoms with Gasteiger partial charge in [-0.1, -0.05) is 24.3 Å². The molecule has 0 saturated carbocycles. The van der Waals surface area contributed by atoms with Gasteiger partial charge < -0.3 is 4.74 Å². The molecule has 0 saturated heterocycles. The molecule has 0 unspecified atom stereocenters. The number of nitrogens with one attached hydrogen (secondary N) is 1. The predicted molar refractivity (Wildman–Crippen MR) is 132 cm³/mol.